The number of aromatic amines is 1. The smallest absolute Gasteiger partial charge is 0.193 e. The van der Waals surface area contributed by atoms with Gasteiger partial charge in [0, 0.05) is 29.3 Å². The highest BCUT2D eigenvalue weighted by Crippen LogP contribution is 2.29. The molecule has 148 valence electrons. The molecule has 0 fully saturated rings. The number of nitrogens with zero attached hydrogens (tertiary/aromatic N) is 1. The molecule has 0 radical (unpaired) electrons. The van der Waals surface area contributed by atoms with E-state index in [0.717, 1.165) is 41.6 Å². The summed E-state index contributed by atoms with van der Waals surface area (Å²) in [7, 11) is 1.70. The van der Waals surface area contributed by atoms with Gasteiger partial charge in [0.1, 0.15) is 5.75 Å². The highest BCUT2D eigenvalue weighted by atomic mass is 127. The quantitative estimate of drug-likeness (QED) is 0.277. The molecule has 5 nitrogen and oxygen atoms in total. The molecule has 0 amide bonds. The number of aromatic nitrogens is 1. The first-order chi connectivity index (χ1) is 13.3. The molecule has 1 heterocycles. The number of rotatable bonds is 5. The van der Waals surface area contributed by atoms with E-state index in [2.05, 4.69) is 39.6 Å². The molecule has 0 atom stereocenters. The van der Waals surface area contributed by atoms with Gasteiger partial charge in [-0.15, -0.1) is 24.0 Å². The van der Waals surface area contributed by atoms with Gasteiger partial charge in [-0.2, -0.15) is 0 Å². The molecule has 0 unspecified atom stereocenters. The fraction of sp³-hybridized carbons (Fsp3) is 0.318. The van der Waals surface area contributed by atoms with Crippen LogP contribution in [0.25, 0.3) is 10.9 Å². The van der Waals surface area contributed by atoms with Crippen LogP contribution >= 0.6 is 24.0 Å². The van der Waals surface area contributed by atoms with Gasteiger partial charge in [0.25, 0.3) is 0 Å². The van der Waals surface area contributed by atoms with Crippen LogP contribution in [0.3, 0.4) is 0 Å². The Hall–Kier alpha value is -2.22. The van der Waals surface area contributed by atoms with Crippen LogP contribution in [-0.2, 0) is 19.3 Å². The largest absolute Gasteiger partial charge is 0.496 e. The fourth-order valence-corrected chi connectivity index (χ4v) is 3.96. The summed E-state index contributed by atoms with van der Waals surface area (Å²) in [5, 5.41) is 4.43. The van der Waals surface area contributed by atoms with Gasteiger partial charge in [0.2, 0.25) is 0 Å². The zero-order valence-corrected chi connectivity index (χ0v) is 18.5. The van der Waals surface area contributed by atoms with Crippen molar-refractivity contribution < 1.29 is 4.74 Å². The number of halogens is 1. The van der Waals surface area contributed by atoms with Gasteiger partial charge >= 0.3 is 0 Å². The summed E-state index contributed by atoms with van der Waals surface area (Å²) in [6.07, 6.45) is 7.61. The maximum atomic E-state index is 6.15. The van der Waals surface area contributed by atoms with E-state index in [4.69, 9.17) is 10.5 Å². The Morgan fingerprint density at radius 1 is 1.18 bits per heavy atom. The summed E-state index contributed by atoms with van der Waals surface area (Å²) in [6, 6.07) is 12.4. The summed E-state index contributed by atoms with van der Waals surface area (Å²) in [5.74, 6) is 1.36. The lowest BCUT2D eigenvalue weighted by atomic mass is 9.90. The molecule has 0 spiro atoms. The Morgan fingerprint density at radius 3 is 2.86 bits per heavy atom. The monoisotopic (exact) mass is 490 g/mol. The first kappa shape index (κ1) is 20.5. The Labute approximate surface area is 182 Å². The number of methoxy groups -OCH3 is 1. The van der Waals surface area contributed by atoms with Crippen LogP contribution in [0.1, 0.15) is 29.5 Å². The number of fused-ring (bicyclic) bond motifs is 2. The van der Waals surface area contributed by atoms with Crippen LogP contribution in [0, 0.1) is 0 Å². The molecule has 4 N–H and O–H groups in total. The third-order valence-electron chi connectivity index (χ3n) is 5.29. The highest BCUT2D eigenvalue weighted by Gasteiger charge is 2.13. The van der Waals surface area contributed by atoms with Crippen LogP contribution in [0.4, 0.5) is 5.69 Å². The number of benzene rings is 2. The van der Waals surface area contributed by atoms with Gasteiger partial charge in [0.05, 0.1) is 7.11 Å². The SMILES string of the molecule is COc1cccc2[nH]cc(CCN=C(N)Nc3cccc4c3CCCC4)c12.I. The van der Waals surface area contributed by atoms with E-state index in [0.29, 0.717) is 12.5 Å². The number of nitrogens with two attached hydrogens (primary N) is 1. The summed E-state index contributed by atoms with van der Waals surface area (Å²) in [5.41, 5.74) is 12.3. The molecular formula is C22H27IN4O. The topological polar surface area (TPSA) is 75.4 Å². The second-order valence-electron chi connectivity index (χ2n) is 6.99. The van der Waals surface area contributed by atoms with E-state index in [1.54, 1.807) is 7.11 Å². The average molecular weight is 490 g/mol. The van der Waals surface area contributed by atoms with E-state index in [1.807, 2.05) is 18.3 Å². The standard InChI is InChI=1S/C22H26N4O.HI/c1-27-20-11-5-10-19-21(20)16(14-25-19)12-13-24-22(23)26-18-9-4-7-15-6-2-3-8-17(15)18;/h4-5,7,9-11,14,25H,2-3,6,8,12-13H2,1H3,(H3,23,24,26);1H. The third kappa shape index (κ3) is 4.27. The van der Waals surface area contributed by atoms with Crippen LogP contribution in [-0.4, -0.2) is 24.6 Å². The number of ether oxygens (including phenoxy) is 1. The number of anilines is 1. The van der Waals surface area contributed by atoms with Crippen molar-refractivity contribution in [3.63, 3.8) is 0 Å². The minimum absolute atomic E-state index is 0. The summed E-state index contributed by atoms with van der Waals surface area (Å²) in [6.45, 7) is 0.624. The van der Waals surface area contributed by atoms with E-state index in [-0.39, 0.29) is 24.0 Å². The molecule has 0 saturated heterocycles. The van der Waals surface area contributed by atoms with Gasteiger partial charge in [0.15, 0.2) is 5.96 Å². The second-order valence-corrected chi connectivity index (χ2v) is 6.99. The lowest BCUT2D eigenvalue weighted by Gasteiger charge is -2.19. The van der Waals surface area contributed by atoms with Crippen molar-refractivity contribution in [2.24, 2.45) is 10.7 Å². The Kier molecular flexibility index (Phi) is 6.83. The van der Waals surface area contributed by atoms with Crippen molar-refractivity contribution in [3.8, 4) is 5.75 Å². The lowest BCUT2D eigenvalue weighted by molar-refractivity contribution is 0.419. The molecule has 1 aromatic heterocycles. The highest BCUT2D eigenvalue weighted by molar-refractivity contribution is 14.0. The molecule has 0 saturated carbocycles. The molecule has 28 heavy (non-hydrogen) atoms. The maximum absolute atomic E-state index is 6.15. The maximum Gasteiger partial charge on any atom is 0.193 e. The van der Waals surface area contributed by atoms with E-state index < -0.39 is 0 Å². The van der Waals surface area contributed by atoms with Gasteiger partial charge in [-0.25, -0.2) is 0 Å². The number of hydrogen-bond donors (Lipinski definition) is 3. The van der Waals surface area contributed by atoms with Crippen molar-refractivity contribution >= 4 is 46.5 Å². The van der Waals surface area contributed by atoms with Gasteiger partial charge in [-0.3, -0.25) is 4.99 Å². The summed E-state index contributed by atoms with van der Waals surface area (Å²) >= 11 is 0. The average Bonchev–Trinajstić information content (AvgIpc) is 3.11. The van der Waals surface area contributed by atoms with Crippen LogP contribution in [0.15, 0.2) is 47.6 Å². The number of aryl methyl sites for hydroxylation is 1. The third-order valence-corrected chi connectivity index (χ3v) is 5.29. The van der Waals surface area contributed by atoms with E-state index in [9.17, 15) is 0 Å². The van der Waals surface area contributed by atoms with Crippen molar-refractivity contribution in [2.45, 2.75) is 32.1 Å². The summed E-state index contributed by atoms with van der Waals surface area (Å²) < 4.78 is 5.49. The van der Waals surface area contributed by atoms with Gasteiger partial charge in [-0.1, -0.05) is 18.2 Å². The number of aliphatic imine (C=N–C) groups is 1. The first-order valence-electron chi connectivity index (χ1n) is 9.57. The lowest BCUT2D eigenvalue weighted by Crippen LogP contribution is -2.24. The predicted molar refractivity (Wildman–Crippen MR) is 127 cm³/mol. The zero-order valence-electron chi connectivity index (χ0n) is 16.1. The van der Waals surface area contributed by atoms with E-state index >= 15 is 0 Å². The predicted octanol–water partition coefficient (Wildman–Crippen LogP) is 4.64. The minimum atomic E-state index is 0. The van der Waals surface area contributed by atoms with Gasteiger partial charge in [-0.05, 0) is 67.0 Å². The molecule has 2 aromatic carbocycles. The van der Waals surface area contributed by atoms with E-state index in [1.165, 1.54) is 29.5 Å². The Balaban J connectivity index is 0.00000225. The van der Waals surface area contributed by atoms with Crippen LogP contribution in [0.5, 0.6) is 5.75 Å². The minimum Gasteiger partial charge on any atom is -0.496 e. The van der Waals surface area contributed by atoms with Crippen molar-refractivity contribution in [3.05, 3.63) is 59.3 Å². The number of hydrogen-bond acceptors (Lipinski definition) is 2. The zero-order chi connectivity index (χ0) is 18.6. The molecule has 4 rings (SSSR count). The molecule has 0 bridgehead atoms. The molecule has 6 heteroatoms. The Morgan fingerprint density at radius 2 is 2.00 bits per heavy atom. The van der Waals surface area contributed by atoms with Crippen molar-refractivity contribution in [1.29, 1.82) is 0 Å². The normalized spacial score (nSPS) is 13.7. The van der Waals surface area contributed by atoms with Crippen LogP contribution < -0.4 is 15.8 Å². The second kappa shape index (κ2) is 9.32. The Bertz CT molecular complexity index is 980. The summed E-state index contributed by atoms with van der Waals surface area (Å²) in [4.78, 5) is 7.83. The molecular weight excluding hydrogens is 463 g/mol. The fourth-order valence-electron chi connectivity index (χ4n) is 3.96. The number of nitrogens with one attached hydrogen (secondary N) is 2. The molecule has 0 aliphatic heterocycles. The number of guanidine groups is 1. The first-order valence-corrected chi connectivity index (χ1v) is 9.57. The molecule has 3 aromatic rings. The number of H-pyrrole nitrogens is 1. The molecule has 1 aliphatic carbocycles. The van der Waals surface area contributed by atoms with Crippen molar-refractivity contribution in [2.75, 3.05) is 19.0 Å². The molecule has 1 aliphatic rings. The van der Waals surface area contributed by atoms with Crippen molar-refractivity contribution in [1.82, 2.24) is 4.98 Å². The van der Waals surface area contributed by atoms with Gasteiger partial charge < -0.3 is 20.8 Å². The van der Waals surface area contributed by atoms with Crippen LogP contribution in [0.2, 0.25) is 0 Å².